The molecule has 0 saturated carbocycles. The van der Waals surface area contributed by atoms with E-state index in [-0.39, 0.29) is 12.6 Å². The quantitative estimate of drug-likeness (QED) is 0.490. The van der Waals surface area contributed by atoms with Crippen LogP contribution in [-0.4, -0.2) is 42.4 Å². The van der Waals surface area contributed by atoms with E-state index < -0.39 is 5.60 Å². The Morgan fingerprint density at radius 3 is 2.65 bits per heavy atom. The lowest BCUT2D eigenvalue weighted by atomic mass is 9.91. The van der Waals surface area contributed by atoms with Crippen molar-refractivity contribution in [3.8, 4) is 17.0 Å². The fourth-order valence-corrected chi connectivity index (χ4v) is 3.31. The predicted molar refractivity (Wildman–Crippen MR) is 113 cm³/mol. The van der Waals surface area contributed by atoms with Crippen LogP contribution in [-0.2, 0) is 31.2 Å². The SMILES string of the molecule is CCOC(=O)COC1(c2ccc(OCc3cccc(-c4cnccn4)c3)cc2)COC1. The monoisotopic (exact) mass is 420 g/mol. The van der Waals surface area contributed by atoms with Crippen molar-refractivity contribution in [1.82, 2.24) is 9.97 Å². The van der Waals surface area contributed by atoms with Crippen LogP contribution in [0.3, 0.4) is 0 Å². The molecule has 1 aliphatic rings. The van der Waals surface area contributed by atoms with Crippen molar-refractivity contribution < 1.29 is 23.7 Å². The van der Waals surface area contributed by atoms with Crippen molar-refractivity contribution in [1.29, 1.82) is 0 Å². The van der Waals surface area contributed by atoms with Gasteiger partial charge >= 0.3 is 5.97 Å². The summed E-state index contributed by atoms with van der Waals surface area (Å²) < 4.78 is 22.1. The molecular formula is C24H24N2O5. The average Bonchev–Trinajstić information content (AvgIpc) is 2.79. The van der Waals surface area contributed by atoms with E-state index in [0.717, 1.165) is 28.1 Å². The molecule has 0 atom stereocenters. The van der Waals surface area contributed by atoms with Gasteiger partial charge in [0.2, 0.25) is 0 Å². The molecule has 1 aliphatic heterocycles. The second-order valence-electron chi connectivity index (χ2n) is 7.18. The fraction of sp³-hybridized carbons (Fsp3) is 0.292. The molecule has 1 saturated heterocycles. The van der Waals surface area contributed by atoms with Crippen LogP contribution in [0.5, 0.6) is 5.75 Å². The Morgan fingerprint density at radius 2 is 1.97 bits per heavy atom. The highest BCUT2D eigenvalue weighted by atomic mass is 16.6. The molecule has 4 rings (SSSR count). The Bertz CT molecular complexity index is 1000. The molecule has 1 fully saturated rings. The molecule has 7 nitrogen and oxygen atoms in total. The second kappa shape index (κ2) is 9.68. The van der Waals surface area contributed by atoms with Crippen LogP contribution in [0.1, 0.15) is 18.1 Å². The second-order valence-corrected chi connectivity index (χ2v) is 7.18. The summed E-state index contributed by atoms with van der Waals surface area (Å²) in [6.45, 7) is 3.24. The lowest BCUT2D eigenvalue weighted by Crippen LogP contribution is -2.49. The van der Waals surface area contributed by atoms with Crippen molar-refractivity contribution in [2.45, 2.75) is 19.1 Å². The van der Waals surface area contributed by atoms with Crippen molar-refractivity contribution in [3.63, 3.8) is 0 Å². The molecule has 0 spiro atoms. The molecule has 160 valence electrons. The minimum absolute atomic E-state index is 0.0996. The standard InChI is InChI=1S/C24H24N2O5/c1-2-29-23(27)15-31-24(16-28-17-24)20-6-8-21(9-7-20)30-14-18-4-3-5-19(12-18)22-13-25-10-11-26-22/h3-13H,2,14-17H2,1H3. The number of carbonyl (C=O) groups excluding carboxylic acids is 1. The number of hydrogen-bond acceptors (Lipinski definition) is 7. The number of benzene rings is 2. The highest BCUT2D eigenvalue weighted by molar-refractivity contribution is 5.70. The van der Waals surface area contributed by atoms with Gasteiger partial charge in [0.25, 0.3) is 0 Å². The molecule has 2 aromatic carbocycles. The Kier molecular flexibility index (Phi) is 6.54. The zero-order chi connectivity index (χ0) is 21.5. The van der Waals surface area contributed by atoms with Gasteiger partial charge in [-0.05, 0) is 36.2 Å². The van der Waals surface area contributed by atoms with E-state index >= 15 is 0 Å². The molecule has 7 heteroatoms. The third-order valence-electron chi connectivity index (χ3n) is 5.01. The van der Waals surface area contributed by atoms with E-state index in [1.807, 2.05) is 48.5 Å². The number of aromatic nitrogens is 2. The molecule has 3 aromatic rings. The summed E-state index contributed by atoms with van der Waals surface area (Å²) in [5, 5.41) is 0. The topological polar surface area (TPSA) is 79.8 Å². The van der Waals surface area contributed by atoms with E-state index in [9.17, 15) is 4.79 Å². The van der Waals surface area contributed by atoms with Crippen LogP contribution >= 0.6 is 0 Å². The van der Waals surface area contributed by atoms with Gasteiger partial charge in [-0.2, -0.15) is 0 Å². The molecule has 0 bridgehead atoms. The molecule has 0 radical (unpaired) electrons. The van der Waals surface area contributed by atoms with Gasteiger partial charge in [-0.15, -0.1) is 0 Å². The van der Waals surface area contributed by atoms with Gasteiger partial charge in [-0.3, -0.25) is 9.97 Å². The highest BCUT2D eigenvalue weighted by Gasteiger charge is 2.42. The van der Waals surface area contributed by atoms with Crippen LogP contribution in [0.2, 0.25) is 0 Å². The Morgan fingerprint density at radius 1 is 1.13 bits per heavy atom. The van der Waals surface area contributed by atoms with Crippen LogP contribution < -0.4 is 4.74 Å². The van der Waals surface area contributed by atoms with Gasteiger partial charge in [-0.25, -0.2) is 4.79 Å². The maximum absolute atomic E-state index is 11.6. The summed E-state index contributed by atoms with van der Waals surface area (Å²) in [6.07, 6.45) is 5.07. The Hall–Kier alpha value is -3.29. The molecule has 0 aliphatic carbocycles. The van der Waals surface area contributed by atoms with Gasteiger partial charge in [0, 0.05) is 18.0 Å². The maximum Gasteiger partial charge on any atom is 0.332 e. The van der Waals surface area contributed by atoms with Gasteiger partial charge < -0.3 is 18.9 Å². The summed E-state index contributed by atoms with van der Waals surface area (Å²) in [6, 6.07) is 15.7. The molecule has 0 unspecified atom stereocenters. The van der Waals surface area contributed by atoms with Gasteiger partial charge in [-0.1, -0.05) is 30.3 Å². The van der Waals surface area contributed by atoms with E-state index in [1.165, 1.54) is 0 Å². The number of nitrogens with zero attached hydrogens (tertiary/aromatic N) is 2. The van der Waals surface area contributed by atoms with Crippen LogP contribution in [0.25, 0.3) is 11.3 Å². The molecule has 2 heterocycles. The number of hydrogen-bond donors (Lipinski definition) is 0. The summed E-state index contributed by atoms with van der Waals surface area (Å²) in [5.41, 5.74) is 3.18. The smallest absolute Gasteiger partial charge is 0.332 e. The average molecular weight is 420 g/mol. The number of rotatable bonds is 9. The van der Waals surface area contributed by atoms with E-state index in [1.54, 1.807) is 25.5 Å². The van der Waals surface area contributed by atoms with Gasteiger partial charge in [0.05, 0.1) is 31.7 Å². The Balaban J connectivity index is 1.37. The predicted octanol–water partition coefficient (Wildman–Crippen LogP) is 3.53. The zero-order valence-corrected chi connectivity index (χ0v) is 17.3. The summed E-state index contributed by atoms with van der Waals surface area (Å²) in [4.78, 5) is 20.1. The van der Waals surface area contributed by atoms with Crippen molar-refractivity contribution in [2.24, 2.45) is 0 Å². The highest BCUT2D eigenvalue weighted by Crippen LogP contribution is 2.34. The first kappa shape index (κ1) is 21.0. The number of esters is 1. The van der Waals surface area contributed by atoms with Crippen molar-refractivity contribution in [3.05, 3.63) is 78.2 Å². The summed E-state index contributed by atoms with van der Waals surface area (Å²) >= 11 is 0. The molecular weight excluding hydrogens is 396 g/mol. The fourth-order valence-electron chi connectivity index (χ4n) is 3.31. The number of carbonyl (C=O) groups is 1. The van der Waals surface area contributed by atoms with E-state index in [0.29, 0.717) is 26.4 Å². The minimum Gasteiger partial charge on any atom is -0.489 e. The lowest BCUT2D eigenvalue weighted by Gasteiger charge is -2.41. The van der Waals surface area contributed by atoms with E-state index in [4.69, 9.17) is 18.9 Å². The van der Waals surface area contributed by atoms with Crippen LogP contribution in [0.15, 0.2) is 67.1 Å². The molecule has 0 amide bonds. The van der Waals surface area contributed by atoms with Crippen LogP contribution in [0.4, 0.5) is 0 Å². The zero-order valence-electron chi connectivity index (χ0n) is 17.3. The maximum atomic E-state index is 11.6. The lowest BCUT2D eigenvalue weighted by molar-refractivity contribution is -0.221. The first-order valence-electron chi connectivity index (χ1n) is 10.1. The first-order valence-corrected chi connectivity index (χ1v) is 10.1. The normalized spacial score (nSPS) is 14.5. The number of ether oxygens (including phenoxy) is 4. The van der Waals surface area contributed by atoms with Gasteiger partial charge in [0.1, 0.15) is 24.6 Å². The summed E-state index contributed by atoms with van der Waals surface area (Å²) in [7, 11) is 0. The Labute approximate surface area is 181 Å². The molecule has 31 heavy (non-hydrogen) atoms. The van der Waals surface area contributed by atoms with Crippen molar-refractivity contribution in [2.75, 3.05) is 26.4 Å². The first-order chi connectivity index (χ1) is 15.2. The molecule has 0 N–H and O–H groups in total. The van der Waals surface area contributed by atoms with E-state index in [2.05, 4.69) is 9.97 Å². The van der Waals surface area contributed by atoms with Gasteiger partial charge in [0.15, 0.2) is 0 Å². The van der Waals surface area contributed by atoms with Crippen molar-refractivity contribution >= 4 is 5.97 Å². The molecule has 1 aromatic heterocycles. The summed E-state index contributed by atoms with van der Waals surface area (Å²) in [5.74, 6) is 0.367. The third-order valence-corrected chi connectivity index (χ3v) is 5.01. The third kappa shape index (κ3) is 5.07. The van der Waals surface area contributed by atoms with Crippen LogP contribution in [0, 0.1) is 0 Å². The largest absolute Gasteiger partial charge is 0.489 e. The minimum atomic E-state index is -0.615.